The quantitative estimate of drug-likeness (QED) is 0.940. The molecule has 2 heterocycles. The van der Waals surface area contributed by atoms with Crippen molar-refractivity contribution in [2.45, 2.75) is 39.3 Å². The molecule has 1 aromatic carbocycles. The van der Waals surface area contributed by atoms with Crippen molar-refractivity contribution in [3.05, 3.63) is 47.0 Å². The summed E-state index contributed by atoms with van der Waals surface area (Å²) in [4.78, 5) is 11.5. The van der Waals surface area contributed by atoms with Gasteiger partial charge in [0.05, 0.1) is 7.11 Å². The number of phenolic OH excluding ortho intramolecular Hbond substituents is 1. The van der Waals surface area contributed by atoms with Gasteiger partial charge in [0.1, 0.15) is 17.3 Å². The number of hydrogen-bond donors (Lipinski definition) is 1. The van der Waals surface area contributed by atoms with Gasteiger partial charge in [-0.2, -0.15) is 0 Å². The summed E-state index contributed by atoms with van der Waals surface area (Å²) in [6.45, 7) is 6.65. The van der Waals surface area contributed by atoms with Crippen molar-refractivity contribution in [2.24, 2.45) is 0 Å². The van der Waals surface area contributed by atoms with Gasteiger partial charge >= 0.3 is 0 Å². The van der Waals surface area contributed by atoms with Crippen molar-refractivity contribution in [2.75, 3.05) is 13.7 Å². The van der Waals surface area contributed by atoms with E-state index in [0.717, 1.165) is 42.3 Å². The van der Waals surface area contributed by atoms with Crippen LogP contribution >= 0.6 is 0 Å². The lowest BCUT2D eigenvalue weighted by atomic mass is 10.0. The maximum atomic E-state index is 10.0. The largest absolute Gasteiger partial charge is 0.508 e. The number of phenols is 1. The first-order valence-electron chi connectivity index (χ1n) is 7.99. The highest BCUT2D eigenvalue weighted by Crippen LogP contribution is 2.26. The summed E-state index contributed by atoms with van der Waals surface area (Å²) in [5.74, 6) is 2.35. The minimum Gasteiger partial charge on any atom is -0.508 e. The first kappa shape index (κ1) is 15.7. The van der Waals surface area contributed by atoms with E-state index < -0.39 is 0 Å². The van der Waals surface area contributed by atoms with Gasteiger partial charge in [0, 0.05) is 55.0 Å². The van der Waals surface area contributed by atoms with Gasteiger partial charge in [-0.1, -0.05) is 13.8 Å². The van der Waals surface area contributed by atoms with Gasteiger partial charge in [0.15, 0.2) is 0 Å². The molecule has 0 spiro atoms. The van der Waals surface area contributed by atoms with Crippen LogP contribution < -0.4 is 4.74 Å². The zero-order chi connectivity index (χ0) is 16.4. The fourth-order valence-corrected chi connectivity index (χ4v) is 2.86. The molecule has 0 saturated heterocycles. The molecule has 2 aromatic rings. The van der Waals surface area contributed by atoms with Crippen LogP contribution in [0.1, 0.15) is 42.4 Å². The Morgan fingerprint density at radius 1 is 1.35 bits per heavy atom. The highest BCUT2D eigenvalue weighted by atomic mass is 16.5. The lowest BCUT2D eigenvalue weighted by Gasteiger charge is -2.28. The van der Waals surface area contributed by atoms with Crippen molar-refractivity contribution in [3.63, 3.8) is 0 Å². The van der Waals surface area contributed by atoms with E-state index in [1.54, 1.807) is 19.2 Å². The van der Waals surface area contributed by atoms with E-state index in [9.17, 15) is 5.11 Å². The first-order valence-corrected chi connectivity index (χ1v) is 7.99. The molecular formula is C18H23N3O2. The number of hydrogen-bond acceptors (Lipinski definition) is 5. The van der Waals surface area contributed by atoms with E-state index >= 15 is 0 Å². The number of aromatic nitrogens is 2. The van der Waals surface area contributed by atoms with Crippen molar-refractivity contribution < 1.29 is 9.84 Å². The van der Waals surface area contributed by atoms with Crippen LogP contribution in [-0.4, -0.2) is 33.6 Å². The molecule has 0 atom stereocenters. The molecule has 0 amide bonds. The minimum absolute atomic E-state index is 0.308. The Morgan fingerprint density at radius 3 is 2.91 bits per heavy atom. The molecule has 0 saturated carbocycles. The van der Waals surface area contributed by atoms with Gasteiger partial charge in [0.25, 0.3) is 0 Å². The molecule has 1 aliphatic rings. The molecule has 23 heavy (non-hydrogen) atoms. The Balaban J connectivity index is 1.75. The Bertz CT molecular complexity index is 701. The van der Waals surface area contributed by atoms with Gasteiger partial charge < -0.3 is 9.84 Å². The second-order valence-corrected chi connectivity index (χ2v) is 6.31. The van der Waals surface area contributed by atoms with Gasteiger partial charge in [-0.3, -0.25) is 4.90 Å². The number of methoxy groups -OCH3 is 1. The summed E-state index contributed by atoms with van der Waals surface area (Å²) < 4.78 is 5.24. The van der Waals surface area contributed by atoms with Gasteiger partial charge in [-0.05, 0) is 18.2 Å². The second-order valence-electron chi connectivity index (χ2n) is 6.31. The molecule has 1 N–H and O–H groups in total. The fourth-order valence-electron chi connectivity index (χ4n) is 2.86. The Kier molecular flexibility index (Phi) is 4.48. The van der Waals surface area contributed by atoms with Crippen LogP contribution in [0.25, 0.3) is 0 Å². The predicted molar refractivity (Wildman–Crippen MR) is 88.6 cm³/mol. The molecule has 0 unspecified atom stereocenters. The summed E-state index contributed by atoms with van der Waals surface area (Å²) in [7, 11) is 1.64. The Labute approximate surface area is 137 Å². The van der Waals surface area contributed by atoms with Crippen LogP contribution in [-0.2, 0) is 19.5 Å². The summed E-state index contributed by atoms with van der Waals surface area (Å²) in [5, 5.41) is 10.0. The number of fused-ring (bicyclic) bond motifs is 1. The summed E-state index contributed by atoms with van der Waals surface area (Å²) in [6.07, 6.45) is 2.87. The molecule has 3 rings (SSSR count). The van der Waals surface area contributed by atoms with Crippen molar-refractivity contribution in [1.29, 1.82) is 0 Å². The topological polar surface area (TPSA) is 58.5 Å². The van der Waals surface area contributed by atoms with Crippen LogP contribution in [0.15, 0.2) is 24.4 Å². The van der Waals surface area contributed by atoms with Crippen LogP contribution in [0.2, 0.25) is 0 Å². The van der Waals surface area contributed by atoms with E-state index in [4.69, 9.17) is 9.72 Å². The summed E-state index contributed by atoms with van der Waals surface area (Å²) in [5.41, 5.74) is 3.23. The van der Waals surface area contributed by atoms with E-state index in [2.05, 4.69) is 23.7 Å². The van der Waals surface area contributed by atoms with Crippen molar-refractivity contribution >= 4 is 0 Å². The molecule has 0 bridgehead atoms. The van der Waals surface area contributed by atoms with Crippen LogP contribution in [0.5, 0.6) is 11.5 Å². The van der Waals surface area contributed by atoms with Crippen molar-refractivity contribution in [1.82, 2.24) is 14.9 Å². The normalized spacial score (nSPS) is 14.8. The van der Waals surface area contributed by atoms with Gasteiger partial charge in [0.2, 0.25) is 0 Å². The number of benzene rings is 1. The highest BCUT2D eigenvalue weighted by Gasteiger charge is 2.20. The predicted octanol–water partition coefficient (Wildman–Crippen LogP) is 2.87. The third-order valence-electron chi connectivity index (χ3n) is 4.23. The smallest absolute Gasteiger partial charge is 0.131 e. The van der Waals surface area contributed by atoms with E-state index in [1.807, 2.05) is 12.3 Å². The first-order chi connectivity index (χ1) is 11.1. The summed E-state index contributed by atoms with van der Waals surface area (Å²) in [6, 6.07) is 5.35. The van der Waals surface area contributed by atoms with Crippen molar-refractivity contribution in [3.8, 4) is 11.5 Å². The lowest BCUT2D eigenvalue weighted by Crippen LogP contribution is -2.31. The minimum atomic E-state index is 0.308. The third-order valence-corrected chi connectivity index (χ3v) is 4.23. The number of nitrogens with zero attached hydrogens (tertiary/aromatic N) is 3. The zero-order valence-electron chi connectivity index (χ0n) is 13.9. The number of ether oxygens (including phenoxy) is 1. The molecule has 1 aliphatic heterocycles. The molecule has 122 valence electrons. The maximum absolute atomic E-state index is 10.0. The van der Waals surface area contributed by atoms with Crippen LogP contribution in [0, 0.1) is 0 Å². The maximum Gasteiger partial charge on any atom is 0.131 e. The standard InChI is InChI=1S/C18H23N3O2/c1-12(2)18-19-9-14-11-21(7-6-16(14)20-18)10-13-8-15(23-3)4-5-17(13)22/h4-5,8-9,12,22H,6-7,10-11H2,1-3H3. The zero-order valence-corrected chi connectivity index (χ0v) is 13.9. The fraction of sp³-hybridized carbons (Fsp3) is 0.444. The number of rotatable bonds is 4. The van der Waals surface area contributed by atoms with E-state index in [-0.39, 0.29) is 0 Å². The lowest BCUT2D eigenvalue weighted by molar-refractivity contribution is 0.239. The van der Waals surface area contributed by atoms with Gasteiger partial charge in [-0.15, -0.1) is 0 Å². The molecule has 5 heteroatoms. The van der Waals surface area contributed by atoms with Crippen LogP contribution in [0.3, 0.4) is 0 Å². The molecule has 0 radical (unpaired) electrons. The molecule has 5 nitrogen and oxygen atoms in total. The average molecular weight is 313 g/mol. The Morgan fingerprint density at radius 2 is 2.17 bits per heavy atom. The molecular weight excluding hydrogens is 290 g/mol. The molecule has 1 aromatic heterocycles. The molecule has 0 aliphatic carbocycles. The van der Waals surface area contributed by atoms with Crippen LogP contribution in [0.4, 0.5) is 0 Å². The molecule has 0 fully saturated rings. The van der Waals surface area contributed by atoms with Gasteiger partial charge in [-0.25, -0.2) is 9.97 Å². The highest BCUT2D eigenvalue weighted by molar-refractivity contribution is 5.39. The SMILES string of the molecule is COc1ccc(O)c(CN2CCc3nc(C(C)C)ncc3C2)c1. The third kappa shape index (κ3) is 3.45. The summed E-state index contributed by atoms with van der Waals surface area (Å²) >= 11 is 0. The Hall–Kier alpha value is -2.14. The average Bonchev–Trinajstić information content (AvgIpc) is 2.56. The van der Waals surface area contributed by atoms with E-state index in [0.29, 0.717) is 18.2 Å². The monoisotopic (exact) mass is 313 g/mol. The number of aromatic hydroxyl groups is 1. The second kappa shape index (κ2) is 6.54. The van der Waals surface area contributed by atoms with E-state index in [1.165, 1.54) is 5.56 Å².